The summed E-state index contributed by atoms with van der Waals surface area (Å²) in [6.07, 6.45) is 5.71. The van der Waals surface area contributed by atoms with Crippen molar-refractivity contribution in [3.05, 3.63) is 15.8 Å². The van der Waals surface area contributed by atoms with Crippen molar-refractivity contribution >= 4 is 28.9 Å². The van der Waals surface area contributed by atoms with Crippen molar-refractivity contribution in [1.82, 2.24) is 0 Å². The third-order valence-corrected chi connectivity index (χ3v) is 6.89. The van der Waals surface area contributed by atoms with E-state index in [4.69, 9.17) is 4.74 Å². The van der Waals surface area contributed by atoms with Crippen LogP contribution in [0.25, 0.3) is 0 Å². The van der Waals surface area contributed by atoms with E-state index in [-0.39, 0.29) is 28.8 Å². The molecule has 2 heterocycles. The standard InChI is InChI=1S/C24H33NO5S/c1-24(2,3)12-11-17-14-18(21(31-17)23(28)29)25-19(16-8-5-4-6-9-16)15-30-20(22(25)27)10-7-13-26/h14,16,19-20,26H,4-10,13,15H2,1-3H3,(H,28,29)/t19-,20-/m0/s1. The van der Waals surface area contributed by atoms with Crippen molar-refractivity contribution in [3.63, 3.8) is 0 Å². The molecular weight excluding hydrogens is 414 g/mol. The zero-order chi connectivity index (χ0) is 22.6. The highest BCUT2D eigenvalue weighted by atomic mass is 32.1. The maximum Gasteiger partial charge on any atom is 0.348 e. The van der Waals surface area contributed by atoms with Crippen LogP contribution in [0.5, 0.6) is 0 Å². The van der Waals surface area contributed by atoms with Gasteiger partial charge in [-0.2, -0.15) is 0 Å². The molecule has 0 aromatic carbocycles. The molecule has 2 aliphatic rings. The van der Waals surface area contributed by atoms with E-state index in [1.807, 2.05) is 20.8 Å². The predicted octanol–water partition coefficient (Wildman–Crippen LogP) is 4.30. The van der Waals surface area contributed by atoms with Gasteiger partial charge in [0.1, 0.15) is 11.0 Å². The lowest BCUT2D eigenvalue weighted by atomic mass is 9.82. The molecule has 1 saturated carbocycles. The van der Waals surface area contributed by atoms with Gasteiger partial charge >= 0.3 is 5.97 Å². The number of hydrogen-bond donors (Lipinski definition) is 2. The quantitative estimate of drug-likeness (QED) is 0.635. The Kier molecular flexibility index (Phi) is 7.79. The van der Waals surface area contributed by atoms with Crippen LogP contribution in [0.15, 0.2) is 6.07 Å². The number of carboxylic acid groups (broad SMARTS) is 1. The Morgan fingerprint density at radius 1 is 1.29 bits per heavy atom. The van der Waals surface area contributed by atoms with Crippen LogP contribution < -0.4 is 4.90 Å². The summed E-state index contributed by atoms with van der Waals surface area (Å²) in [4.78, 5) is 28.1. The van der Waals surface area contributed by atoms with E-state index in [1.165, 1.54) is 6.42 Å². The van der Waals surface area contributed by atoms with Crippen molar-refractivity contribution in [2.45, 2.75) is 77.9 Å². The molecule has 1 aromatic heterocycles. The Balaban J connectivity index is 2.01. The smallest absolute Gasteiger partial charge is 0.348 e. The minimum atomic E-state index is -1.04. The normalized spacial score (nSPS) is 22.8. The average molecular weight is 448 g/mol. The maximum absolute atomic E-state index is 13.5. The molecule has 170 valence electrons. The van der Waals surface area contributed by atoms with Crippen LogP contribution in [0.2, 0.25) is 0 Å². The first kappa shape index (κ1) is 23.8. The number of aliphatic hydroxyl groups excluding tert-OH is 1. The lowest BCUT2D eigenvalue weighted by molar-refractivity contribution is -0.138. The fourth-order valence-electron chi connectivity index (χ4n) is 4.35. The molecule has 0 bridgehead atoms. The van der Waals surface area contributed by atoms with E-state index in [9.17, 15) is 19.8 Å². The number of amides is 1. The van der Waals surface area contributed by atoms with Crippen LogP contribution in [0, 0.1) is 23.2 Å². The number of carbonyl (C=O) groups is 2. The number of ether oxygens (including phenoxy) is 1. The number of rotatable bonds is 6. The third-order valence-electron chi connectivity index (χ3n) is 5.86. The van der Waals surface area contributed by atoms with Crippen LogP contribution in [-0.4, -0.2) is 47.4 Å². The highest BCUT2D eigenvalue weighted by Gasteiger charge is 2.42. The fraction of sp³-hybridized carbons (Fsp3) is 0.667. The van der Waals surface area contributed by atoms with E-state index in [2.05, 4.69) is 11.8 Å². The Hall–Kier alpha value is -1.88. The van der Waals surface area contributed by atoms with Gasteiger partial charge in [0.2, 0.25) is 0 Å². The van der Waals surface area contributed by atoms with Crippen LogP contribution in [0.1, 0.15) is 80.3 Å². The lowest BCUT2D eigenvalue weighted by Gasteiger charge is -2.44. The van der Waals surface area contributed by atoms with Gasteiger partial charge in [-0.15, -0.1) is 11.3 Å². The van der Waals surface area contributed by atoms with Gasteiger partial charge in [-0.25, -0.2) is 4.79 Å². The zero-order valence-electron chi connectivity index (χ0n) is 18.6. The van der Waals surface area contributed by atoms with Crippen LogP contribution in [0.3, 0.4) is 0 Å². The van der Waals surface area contributed by atoms with E-state index in [0.717, 1.165) is 37.0 Å². The van der Waals surface area contributed by atoms with Crippen molar-refractivity contribution in [3.8, 4) is 11.8 Å². The molecule has 31 heavy (non-hydrogen) atoms. The molecule has 1 aliphatic carbocycles. The Morgan fingerprint density at radius 3 is 2.61 bits per heavy atom. The molecule has 0 radical (unpaired) electrons. The van der Waals surface area contributed by atoms with E-state index >= 15 is 0 Å². The highest BCUT2D eigenvalue weighted by molar-refractivity contribution is 7.15. The summed E-state index contributed by atoms with van der Waals surface area (Å²) >= 11 is 1.12. The number of morpholine rings is 1. The zero-order valence-corrected chi connectivity index (χ0v) is 19.5. The van der Waals surface area contributed by atoms with Gasteiger partial charge in [0.25, 0.3) is 5.91 Å². The van der Waals surface area contributed by atoms with Crippen molar-refractivity contribution in [1.29, 1.82) is 0 Å². The second-order valence-corrected chi connectivity index (χ2v) is 10.5. The van der Waals surface area contributed by atoms with Crippen LogP contribution in [0.4, 0.5) is 5.69 Å². The molecule has 7 heteroatoms. The largest absolute Gasteiger partial charge is 0.477 e. The molecule has 1 saturated heterocycles. The maximum atomic E-state index is 13.5. The van der Waals surface area contributed by atoms with Gasteiger partial charge in [-0.3, -0.25) is 4.79 Å². The van der Waals surface area contributed by atoms with Gasteiger partial charge in [-0.1, -0.05) is 31.1 Å². The summed E-state index contributed by atoms with van der Waals surface area (Å²) in [7, 11) is 0. The number of carbonyl (C=O) groups excluding carboxylic acids is 1. The van der Waals surface area contributed by atoms with Gasteiger partial charge in [0.15, 0.2) is 0 Å². The average Bonchev–Trinajstić information content (AvgIpc) is 3.15. The van der Waals surface area contributed by atoms with Gasteiger partial charge in [-0.05, 0) is 58.4 Å². The molecule has 1 aliphatic heterocycles. The van der Waals surface area contributed by atoms with E-state index < -0.39 is 12.1 Å². The molecule has 0 spiro atoms. The number of aromatic carboxylic acids is 1. The summed E-state index contributed by atoms with van der Waals surface area (Å²) in [5.41, 5.74) is 0.232. The minimum Gasteiger partial charge on any atom is -0.477 e. The van der Waals surface area contributed by atoms with Crippen LogP contribution >= 0.6 is 11.3 Å². The summed E-state index contributed by atoms with van der Waals surface area (Å²) in [5, 5.41) is 19.1. The number of thiophene rings is 1. The lowest BCUT2D eigenvalue weighted by Crippen LogP contribution is -2.57. The first-order valence-electron chi connectivity index (χ1n) is 11.2. The molecular formula is C24H33NO5S. The minimum absolute atomic E-state index is 0.00936. The van der Waals surface area contributed by atoms with Gasteiger partial charge in [0, 0.05) is 12.0 Å². The number of aliphatic hydroxyl groups is 1. The summed E-state index contributed by atoms with van der Waals surface area (Å²) in [6, 6.07) is 1.59. The topological polar surface area (TPSA) is 87.1 Å². The van der Waals surface area contributed by atoms with Gasteiger partial charge in [0.05, 0.1) is 23.2 Å². The van der Waals surface area contributed by atoms with Gasteiger partial charge < -0.3 is 19.8 Å². The summed E-state index contributed by atoms with van der Waals surface area (Å²) in [6.45, 7) is 6.39. The molecule has 2 N–H and O–H groups in total. The Morgan fingerprint density at radius 2 is 2.00 bits per heavy atom. The Bertz CT molecular complexity index is 854. The molecule has 1 amide bonds. The molecule has 3 rings (SSSR count). The third kappa shape index (κ3) is 5.88. The molecule has 2 atom stereocenters. The summed E-state index contributed by atoms with van der Waals surface area (Å²) < 4.78 is 5.93. The highest BCUT2D eigenvalue weighted by Crippen LogP contribution is 2.39. The van der Waals surface area contributed by atoms with E-state index in [0.29, 0.717) is 35.9 Å². The second kappa shape index (κ2) is 10.2. The molecule has 0 unspecified atom stereocenters. The Labute approximate surface area is 188 Å². The van der Waals surface area contributed by atoms with Crippen molar-refractivity contribution in [2.75, 3.05) is 18.1 Å². The number of anilines is 1. The number of nitrogens with zero attached hydrogens (tertiary/aromatic N) is 1. The fourth-order valence-corrected chi connectivity index (χ4v) is 5.19. The molecule has 1 aromatic rings. The number of carboxylic acids is 1. The number of hydrogen-bond acceptors (Lipinski definition) is 5. The molecule has 6 nitrogen and oxygen atoms in total. The summed E-state index contributed by atoms with van der Waals surface area (Å²) in [5.74, 6) is 5.30. The molecule has 2 fully saturated rings. The van der Waals surface area contributed by atoms with E-state index in [1.54, 1.807) is 11.0 Å². The first-order chi connectivity index (χ1) is 14.7. The second-order valence-electron chi connectivity index (χ2n) is 9.49. The SMILES string of the molecule is CC(C)(C)C#Cc1cc(N2C(=O)[C@H](CCCO)OC[C@H]2C2CCCCC2)c(C(=O)O)s1. The first-order valence-corrected chi connectivity index (χ1v) is 12.0. The van der Waals surface area contributed by atoms with Crippen molar-refractivity contribution in [2.24, 2.45) is 11.3 Å². The predicted molar refractivity (Wildman–Crippen MR) is 122 cm³/mol. The van der Waals surface area contributed by atoms with Crippen LogP contribution in [-0.2, 0) is 9.53 Å². The van der Waals surface area contributed by atoms with Crippen molar-refractivity contribution < 1.29 is 24.5 Å². The monoisotopic (exact) mass is 447 g/mol.